The summed E-state index contributed by atoms with van der Waals surface area (Å²) in [5.41, 5.74) is 4.65. The lowest BCUT2D eigenvalue weighted by atomic mass is 9.90. The predicted octanol–water partition coefficient (Wildman–Crippen LogP) is 5.15. The van der Waals surface area contributed by atoms with Gasteiger partial charge < -0.3 is 5.32 Å². The van der Waals surface area contributed by atoms with Crippen LogP contribution in [0.4, 0.5) is 10.1 Å². The quantitative estimate of drug-likeness (QED) is 0.291. The van der Waals surface area contributed by atoms with Crippen molar-refractivity contribution in [3.63, 3.8) is 0 Å². The predicted molar refractivity (Wildman–Crippen MR) is 124 cm³/mol. The Hall–Kier alpha value is -2.80. The molecule has 7 heteroatoms. The van der Waals surface area contributed by atoms with E-state index in [4.69, 9.17) is 11.6 Å². The zero-order valence-electron chi connectivity index (χ0n) is 17.6. The number of hydrogen-bond acceptors (Lipinski definition) is 4. The third-order valence-electron chi connectivity index (χ3n) is 5.92. The van der Waals surface area contributed by atoms with Gasteiger partial charge >= 0.3 is 0 Å². The largest absolute Gasteiger partial charge is 0.311 e. The fraction of sp³-hybridized carbons (Fsp3) is 0.280. The van der Waals surface area contributed by atoms with E-state index in [-0.39, 0.29) is 22.5 Å². The summed E-state index contributed by atoms with van der Waals surface area (Å²) in [5.74, 6) is -0.225. The van der Waals surface area contributed by atoms with E-state index in [1.165, 1.54) is 29.3 Å². The average molecular weight is 454 g/mol. The maximum absolute atomic E-state index is 13.3. The van der Waals surface area contributed by atoms with E-state index in [1.54, 1.807) is 12.1 Å². The molecule has 1 unspecified atom stereocenters. The van der Waals surface area contributed by atoms with Gasteiger partial charge in [-0.15, -0.1) is 0 Å². The number of fused-ring (bicyclic) bond motifs is 1. The maximum atomic E-state index is 13.3. The van der Waals surface area contributed by atoms with Crippen LogP contribution in [-0.4, -0.2) is 29.0 Å². The highest BCUT2D eigenvalue weighted by Gasteiger charge is 2.26. The minimum Gasteiger partial charge on any atom is -0.311 e. The van der Waals surface area contributed by atoms with Crippen molar-refractivity contribution in [3.8, 4) is 0 Å². The highest BCUT2D eigenvalue weighted by molar-refractivity contribution is 6.30. The lowest BCUT2D eigenvalue weighted by Gasteiger charge is -2.37. The van der Waals surface area contributed by atoms with Crippen molar-refractivity contribution in [1.29, 1.82) is 0 Å². The minimum atomic E-state index is -0.374. The Balaban J connectivity index is 1.41. The van der Waals surface area contributed by atoms with Gasteiger partial charge in [-0.05, 0) is 59.4 Å². The molecule has 0 radical (unpaired) electrons. The molecule has 0 spiro atoms. The smallest absolute Gasteiger partial charge is 0.269 e. The Morgan fingerprint density at radius 3 is 2.66 bits per heavy atom. The second kappa shape index (κ2) is 10.2. The Morgan fingerprint density at radius 2 is 1.88 bits per heavy atom. The number of rotatable bonds is 8. The summed E-state index contributed by atoms with van der Waals surface area (Å²) in [6.45, 7) is 3.00. The second-order valence-electron chi connectivity index (χ2n) is 8.18. The Bertz CT molecular complexity index is 1090. The molecule has 0 aliphatic carbocycles. The van der Waals surface area contributed by atoms with Crippen LogP contribution in [0.2, 0.25) is 5.02 Å². The zero-order chi connectivity index (χ0) is 22.5. The van der Waals surface area contributed by atoms with Gasteiger partial charge in [-0.1, -0.05) is 41.9 Å². The number of hydrogen-bond donors (Lipinski definition) is 1. The second-order valence-corrected chi connectivity index (χ2v) is 8.61. The summed E-state index contributed by atoms with van der Waals surface area (Å²) in [5, 5.41) is 15.1. The third kappa shape index (κ3) is 5.71. The summed E-state index contributed by atoms with van der Waals surface area (Å²) in [6, 6.07) is 19.8. The molecule has 0 fully saturated rings. The van der Waals surface area contributed by atoms with Gasteiger partial charge in [0.05, 0.1) is 4.92 Å². The average Bonchev–Trinajstić information content (AvgIpc) is 2.78. The van der Waals surface area contributed by atoms with Crippen molar-refractivity contribution in [2.24, 2.45) is 0 Å². The summed E-state index contributed by atoms with van der Waals surface area (Å²) >= 11 is 6.22. The molecule has 1 heterocycles. The van der Waals surface area contributed by atoms with Crippen molar-refractivity contribution in [1.82, 2.24) is 10.2 Å². The van der Waals surface area contributed by atoms with Crippen LogP contribution in [0, 0.1) is 15.9 Å². The van der Waals surface area contributed by atoms with Crippen molar-refractivity contribution in [2.75, 3.05) is 13.1 Å². The van der Waals surface area contributed by atoms with Crippen LogP contribution in [0.15, 0.2) is 66.7 Å². The molecule has 5 nitrogen and oxygen atoms in total. The summed E-state index contributed by atoms with van der Waals surface area (Å²) < 4.78 is 13.3. The SMILES string of the molecule is O=[N+]([O-])c1cccc(CNCCN2Cc3ccc(Cl)cc3CC2Cc2ccc(F)cc2)c1. The van der Waals surface area contributed by atoms with E-state index in [0.29, 0.717) is 6.54 Å². The van der Waals surface area contributed by atoms with Crippen molar-refractivity contribution in [3.05, 3.63) is 110 Å². The molecule has 0 saturated carbocycles. The minimum absolute atomic E-state index is 0.106. The molecule has 1 aliphatic rings. The molecule has 4 rings (SSSR count). The Morgan fingerprint density at radius 1 is 1.06 bits per heavy atom. The van der Waals surface area contributed by atoms with E-state index < -0.39 is 0 Å². The van der Waals surface area contributed by atoms with Crippen LogP contribution in [0.3, 0.4) is 0 Å². The van der Waals surface area contributed by atoms with Gasteiger partial charge in [0.25, 0.3) is 5.69 Å². The van der Waals surface area contributed by atoms with Gasteiger partial charge in [0, 0.05) is 49.4 Å². The number of non-ortho nitro benzene ring substituents is 1. The molecule has 32 heavy (non-hydrogen) atoms. The van der Waals surface area contributed by atoms with Crippen LogP contribution >= 0.6 is 11.6 Å². The van der Waals surface area contributed by atoms with E-state index >= 15 is 0 Å². The van der Waals surface area contributed by atoms with Crippen molar-refractivity contribution in [2.45, 2.75) is 32.0 Å². The van der Waals surface area contributed by atoms with Crippen molar-refractivity contribution < 1.29 is 9.31 Å². The molecular weight excluding hydrogens is 429 g/mol. The van der Waals surface area contributed by atoms with Gasteiger partial charge in [-0.3, -0.25) is 15.0 Å². The van der Waals surface area contributed by atoms with Crippen molar-refractivity contribution >= 4 is 17.3 Å². The molecule has 0 saturated heterocycles. The molecule has 3 aromatic rings. The van der Waals surface area contributed by atoms with Gasteiger partial charge in [-0.2, -0.15) is 0 Å². The Labute approximate surface area is 192 Å². The third-order valence-corrected chi connectivity index (χ3v) is 6.16. The highest BCUT2D eigenvalue weighted by atomic mass is 35.5. The molecular formula is C25H25ClFN3O2. The fourth-order valence-corrected chi connectivity index (χ4v) is 4.46. The molecule has 3 aromatic carbocycles. The van der Waals surface area contributed by atoms with Gasteiger partial charge in [0.15, 0.2) is 0 Å². The van der Waals surface area contributed by atoms with Crippen LogP contribution in [0.25, 0.3) is 0 Å². The summed E-state index contributed by atoms with van der Waals surface area (Å²) in [6.07, 6.45) is 1.72. The lowest BCUT2D eigenvalue weighted by molar-refractivity contribution is -0.384. The molecule has 0 bridgehead atoms. The first-order chi connectivity index (χ1) is 15.5. The number of halogens is 2. The van der Waals surface area contributed by atoms with Crippen LogP contribution < -0.4 is 5.32 Å². The normalized spacial score (nSPS) is 16.0. The molecule has 0 aromatic heterocycles. The lowest BCUT2D eigenvalue weighted by Crippen LogP contribution is -2.44. The monoisotopic (exact) mass is 453 g/mol. The molecule has 166 valence electrons. The number of nitrogens with one attached hydrogen (secondary N) is 1. The topological polar surface area (TPSA) is 58.4 Å². The fourth-order valence-electron chi connectivity index (χ4n) is 4.26. The number of nitro groups is 1. The van der Waals surface area contributed by atoms with E-state index in [1.807, 2.05) is 30.3 Å². The highest BCUT2D eigenvalue weighted by Crippen LogP contribution is 2.27. The van der Waals surface area contributed by atoms with Gasteiger partial charge in [0.2, 0.25) is 0 Å². The van der Waals surface area contributed by atoms with E-state index in [2.05, 4.69) is 16.3 Å². The number of benzene rings is 3. The summed E-state index contributed by atoms with van der Waals surface area (Å²) in [7, 11) is 0. The standard InChI is InChI=1S/C25H25ClFN3O2/c26-22-7-6-20-17-29(11-10-28-16-19-2-1-3-24(13-19)30(31)32)25(15-21(20)14-22)12-18-4-8-23(27)9-5-18/h1-9,13-14,25,28H,10-12,15-17H2. The van der Waals surface area contributed by atoms with Gasteiger partial charge in [0.1, 0.15) is 5.82 Å². The summed E-state index contributed by atoms with van der Waals surface area (Å²) in [4.78, 5) is 13.0. The number of nitrogens with zero attached hydrogens (tertiary/aromatic N) is 2. The molecule has 1 atom stereocenters. The van der Waals surface area contributed by atoms with Crippen LogP contribution in [0.1, 0.15) is 22.3 Å². The van der Waals surface area contributed by atoms with Crippen LogP contribution in [0.5, 0.6) is 0 Å². The molecule has 0 amide bonds. The first-order valence-electron chi connectivity index (χ1n) is 10.7. The molecule has 1 N–H and O–H groups in total. The van der Waals surface area contributed by atoms with E-state index in [0.717, 1.165) is 48.6 Å². The Kier molecular flexibility index (Phi) is 7.15. The first kappa shape index (κ1) is 22.4. The number of nitro benzene ring substituents is 1. The van der Waals surface area contributed by atoms with Gasteiger partial charge in [-0.25, -0.2) is 4.39 Å². The van der Waals surface area contributed by atoms with E-state index in [9.17, 15) is 14.5 Å². The maximum Gasteiger partial charge on any atom is 0.269 e. The molecule has 1 aliphatic heterocycles. The zero-order valence-corrected chi connectivity index (χ0v) is 18.4. The first-order valence-corrected chi connectivity index (χ1v) is 11.1. The van der Waals surface area contributed by atoms with Crippen LogP contribution in [-0.2, 0) is 25.9 Å².